The summed E-state index contributed by atoms with van der Waals surface area (Å²) in [6.45, 7) is 3.05. The first kappa shape index (κ1) is 18.0. The summed E-state index contributed by atoms with van der Waals surface area (Å²) < 4.78 is 0. The van der Waals surface area contributed by atoms with Crippen LogP contribution in [0.2, 0.25) is 0 Å². The van der Waals surface area contributed by atoms with Crippen LogP contribution in [0.25, 0.3) is 10.8 Å². The van der Waals surface area contributed by atoms with E-state index in [9.17, 15) is 0 Å². The fourth-order valence-electron chi connectivity index (χ4n) is 3.46. The van der Waals surface area contributed by atoms with Crippen LogP contribution in [0.5, 0.6) is 0 Å². The number of hydrogen-bond donors (Lipinski definition) is 3. The van der Waals surface area contributed by atoms with Crippen molar-refractivity contribution in [2.75, 3.05) is 18.5 Å². The topological polar surface area (TPSA) is 57.2 Å². The van der Waals surface area contributed by atoms with Crippen LogP contribution in [-0.2, 0) is 0 Å². The van der Waals surface area contributed by atoms with E-state index in [1.54, 1.807) is 0 Å². The minimum Gasteiger partial charge on any atom is -0.395 e. The average Bonchev–Trinajstić information content (AvgIpc) is 2.54. The summed E-state index contributed by atoms with van der Waals surface area (Å²) in [4.78, 5) is 4.28. The van der Waals surface area contributed by atoms with E-state index in [2.05, 4.69) is 40.7 Å². The van der Waals surface area contributed by atoms with Gasteiger partial charge in [0.15, 0.2) is 0 Å². The predicted octanol–water partition coefficient (Wildman–Crippen LogP) is 3.27. The molecule has 3 rings (SSSR count). The third-order valence-corrected chi connectivity index (χ3v) is 4.60. The molecule has 3 N–H and O–H groups in total. The predicted molar refractivity (Wildman–Crippen MR) is 98.5 cm³/mol. The number of hydrogen-bond acceptors (Lipinski definition) is 4. The van der Waals surface area contributed by atoms with Crippen LogP contribution < -0.4 is 10.6 Å². The molecule has 0 aliphatic heterocycles. The second-order valence-corrected chi connectivity index (χ2v) is 6.23. The van der Waals surface area contributed by atoms with Crippen LogP contribution >= 0.6 is 12.4 Å². The molecular formula is C18H26ClN3O. The lowest BCUT2D eigenvalue weighted by molar-refractivity contribution is 0.269. The van der Waals surface area contributed by atoms with E-state index in [1.165, 1.54) is 47.7 Å². The average molecular weight is 336 g/mol. The van der Waals surface area contributed by atoms with Gasteiger partial charge in [-0.05, 0) is 44.2 Å². The quantitative estimate of drug-likeness (QED) is 0.785. The molecule has 0 spiro atoms. The molecule has 126 valence electrons. The van der Waals surface area contributed by atoms with Crippen molar-refractivity contribution in [3.63, 3.8) is 0 Å². The van der Waals surface area contributed by atoms with Crippen molar-refractivity contribution in [3.05, 3.63) is 36.2 Å². The largest absolute Gasteiger partial charge is 0.395 e. The number of anilines is 1. The molecule has 2 aromatic rings. The van der Waals surface area contributed by atoms with Crippen molar-refractivity contribution in [3.8, 4) is 0 Å². The molecule has 1 saturated carbocycles. The van der Waals surface area contributed by atoms with E-state index >= 15 is 0 Å². The maximum atomic E-state index is 8.89. The molecule has 1 aliphatic rings. The number of nitrogens with zero attached hydrogens (tertiary/aromatic N) is 1. The summed E-state index contributed by atoms with van der Waals surface area (Å²) in [6, 6.07) is 7.48. The highest BCUT2D eigenvalue weighted by Gasteiger charge is 2.21. The van der Waals surface area contributed by atoms with Gasteiger partial charge in [-0.15, -0.1) is 12.4 Å². The normalized spacial score (nSPS) is 21.0. The Balaban J connectivity index is 0.00000192. The highest BCUT2D eigenvalue weighted by molar-refractivity contribution is 5.95. The Bertz CT molecular complexity index is 621. The molecule has 0 unspecified atom stereocenters. The molecule has 0 bridgehead atoms. The summed E-state index contributed by atoms with van der Waals surface area (Å²) >= 11 is 0. The summed E-state index contributed by atoms with van der Waals surface area (Å²) in [5.74, 6) is 0. The third-order valence-electron chi connectivity index (χ3n) is 4.60. The summed E-state index contributed by atoms with van der Waals surface area (Å²) in [6.07, 6.45) is 8.55. The van der Waals surface area contributed by atoms with E-state index in [0.29, 0.717) is 18.6 Å². The molecule has 1 aromatic heterocycles. The van der Waals surface area contributed by atoms with Crippen LogP contribution in [0.15, 0.2) is 30.6 Å². The summed E-state index contributed by atoms with van der Waals surface area (Å²) in [7, 11) is 0. The number of aromatic nitrogens is 1. The molecule has 1 aliphatic carbocycles. The first-order valence-corrected chi connectivity index (χ1v) is 8.22. The minimum absolute atomic E-state index is 0. The van der Waals surface area contributed by atoms with Crippen LogP contribution in [0.3, 0.4) is 0 Å². The van der Waals surface area contributed by atoms with Gasteiger partial charge in [-0.2, -0.15) is 0 Å². The molecule has 0 atom stereocenters. The Kier molecular flexibility index (Phi) is 6.63. The summed E-state index contributed by atoms with van der Waals surface area (Å²) in [5.41, 5.74) is 2.45. The van der Waals surface area contributed by atoms with Gasteiger partial charge < -0.3 is 15.7 Å². The number of fused-ring (bicyclic) bond motifs is 1. The first-order chi connectivity index (χ1) is 10.8. The first-order valence-electron chi connectivity index (χ1n) is 8.22. The number of aryl methyl sites for hydroxylation is 1. The molecule has 1 fully saturated rings. The highest BCUT2D eigenvalue weighted by Crippen LogP contribution is 2.29. The van der Waals surface area contributed by atoms with Gasteiger partial charge in [-0.1, -0.05) is 12.1 Å². The zero-order valence-electron chi connectivity index (χ0n) is 13.6. The Morgan fingerprint density at radius 1 is 1.13 bits per heavy atom. The third kappa shape index (κ3) is 4.34. The fraction of sp³-hybridized carbons (Fsp3) is 0.500. The smallest absolute Gasteiger partial charge is 0.0556 e. The molecule has 5 heteroatoms. The minimum atomic E-state index is 0. The molecule has 4 nitrogen and oxygen atoms in total. The maximum absolute atomic E-state index is 8.89. The molecule has 1 aromatic carbocycles. The van der Waals surface area contributed by atoms with E-state index in [0.717, 1.165) is 0 Å². The van der Waals surface area contributed by atoms with Crippen molar-refractivity contribution >= 4 is 28.9 Å². The maximum Gasteiger partial charge on any atom is 0.0556 e. The molecule has 0 radical (unpaired) electrons. The monoisotopic (exact) mass is 335 g/mol. The zero-order valence-corrected chi connectivity index (χ0v) is 14.4. The number of aliphatic hydroxyl groups excluding tert-OH is 1. The van der Waals surface area contributed by atoms with Crippen molar-refractivity contribution in [1.82, 2.24) is 10.3 Å². The van der Waals surface area contributed by atoms with Crippen molar-refractivity contribution in [1.29, 1.82) is 0 Å². The van der Waals surface area contributed by atoms with Crippen LogP contribution in [0.1, 0.15) is 31.2 Å². The number of halogens is 1. The van der Waals surface area contributed by atoms with Crippen LogP contribution in [-0.4, -0.2) is 35.3 Å². The number of aliphatic hydroxyl groups is 1. The van der Waals surface area contributed by atoms with Gasteiger partial charge in [-0.25, -0.2) is 0 Å². The fourth-order valence-corrected chi connectivity index (χ4v) is 3.46. The lowest BCUT2D eigenvalue weighted by Gasteiger charge is -2.30. The molecule has 0 saturated heterocycles. The highest BCUT2D eigenvalue weighted by atomic mass is 35.5. The van der Waals surface area contributed by atoms with Gasteiger partial charge in [0.1, 0.15) is 0 Å². The van der Waals surface area contributed by atoms with E-state index in [-0.39, 0.29) is 19.0 Å². The van der Waals surface area contributed by atoms with Gasteiger partial charge >= 0.3 is 0 Å². The lowest BCUT2D eigenvalue weighted by atomic mass is 9.90. The van der Waals surface area contributed by atoms with Crippen LogP contribution in [0, 0.1) is 6.92 Å². The standard InChI is InChI=1S/C18H25N3O.ClH/c1-13-11-19-12-14-3-2-4-17(18(13)14)21-16-7-5-15(6-8-16)20-9-10-22;/h2-4,11-12,15-16,20-22H,5-10H2,1H3;1H. The number of benzene rings is 1. The SMILES string of the molecule is Cc1cncc2cccc(NC3CCC(NCCO)CC3)c12.Cl. The summed E-state index contributed by atoms with van der Waals surface area (Å²) in [5, 5.41) is 18.5. The van der Waals surface area contributed by atoms with Gasteiger partial charge in [0, 0.05) is 47.5 Å². The molecule has 1 heterocycles. The molecular weight excluding hydrogens is 310 g/mol. The Labute approximate surface area is 144 Å². The number of pyridine rings is 1. The van der Waals surface area contributed by atoms with Gasteiger partial charge in [0.25, 0.3) is 0 Å². The zero-order chi connectivity index (χ0) is 15.4. The van der Waals surface area contributed by atoms with Crippen molar-refractivity contribution in [2.24, 2.45) is 0 Å². The second kappa shape index (κ2) is 8.48. The van der Waals surface area contributed by atoms with Crippen LogP contribution in [0.4, 0.5) is 5.69 Å². The van der Waals surface area contributed by atoms with Gasteiger partial charge in [0.2, 0.25) is 0 Å². The number of rotatable bonds is 5. The number of nitrogens with one attached hydrogen (secondary N) is 2. The Morgan fingerprint density at radius 3 is 2.61 bits per heavy atom. The van der Waals surface area contributed by atoms with E-state index < -0.39 is 0 Å². The lowest BCUT2D eigenvalue weighted by Crippen LogP contribution is -2.38. The van der Waals surface area contributed by atoms with Crippen molar-refractivity contribution in [2.45, 2.75) is 44.7 Å². The van der Waals surface area contributed by atoms with Crippen molar-refractivity contribution < 1.29 is 5.11 Å². The van der Waals surface area contributed by atoms with Gasteiger partial charge in [0.05, 0.1) is 6.61 Å². The van der Waals surface area contributed by atoms with E-state index in [1.807, 2.05) is 12.4 Å². The molecule has 23 heavy (non-hydrogen) atoms. The van der Waals surface area contributed by atoms with E-state index in [4.69, 9.17) is 5.11 Å². The Morgan fingerprint density at radius 2 is 1.87 bits per heavy atom. The molecule has 0 amide bonds. The Hall–Kier alpha value is -1.36. The second-order valence-electron chi connectivity index (χ2n) is 6.23. The van der Waals surface area contributed by atoms with Gasteiger partial charge in [-0.3, -0.25) is 4.98 Å².